The van der Waals surface area contributed by atoms with Crippen LogP contribution >= 0.6 is 0 Å². The lowest BCUT2D eigenvalue weighted by Gasteiger charge is -2.25. The number of aromatic nitrogens is 2. The summed E-state index contributed by atoms with van der Waals surface area (Å²) in [6, 6.07) is 0. The summed E-state index contributed by atoms with van der Waals surface area (Å²) in [4.78, 5) is 11.6. The normalized spacial score (nSPS) is 19.8. The van der Waals surface area contributed by atoms with Gasteiger partial charge in [0.15, 0.2) is 0 Å². The van der Waals surface area contributed by atoms with Crippen LogP contribution in [0.5, 0.6) is 0 Å². The Labute approximate surface area is 121 Å². The predicted octanol–water partition coefficient (Wildman–Crippen LogP) is 2.65. The minimum atomic E-state index is 0.753. The van der Waals surface area contributed by atoms with Gasteiger partial charge in [-0.15, -0.1) is 0 Å². The zero-order valence-corrected chi connectivity index (χ0v) is 12.9. The molecule has 0 spiro atoms. The first-order chi connectivity index (χ1) is 9.69. The van der Waals surface area contributed by atoms with Crippen LogP contribution in [0.1, 0.15) is 50.9 Å². The van der Waals surface area contributed by atoms with Gasteiger partial charge in [0, 0.05) is 25.1 Å². The molecular formula is C15H27N5. The second-order valence-electron chi connectivity index (χ2n) is 5.63. The van der Waals surface area contributed by atoms with E-state index in [9.17, 15) is 0 Å². The molecule has 2 rings (SSSR count). The first kappa shape index (κ1) is 15.0. The first-order valence-electron chi connectivity index (χ1n) is 7.78. The Kier molecular flexibility index (Phi) is 5.17. The van der Waals surface area contributed by atoms with Crippen molar-refractivity contribution in [1.29, 1.82) is 0 Å². The van der Waals surface area contributed by atoms with Crippen LogP contribution in [0.3, 0.4) is 0 Å². The van der Waals surface area contributed by atoms with E-state index < -0.39 is 0 Å². The summed E-state index contributed by atoms with van der Waals surface area (Å²) in [7, 11) is 0. The standard InChI is InChI=1S/C15H27N5/c1-4-12-7-6-9-20(10-8-12)15-11(3)14(19-16)17-13(5-2)18-15/h12H,4-10,16H2,1-3H3,(H,17,18,19). The molecule has 0 saturated carbocycles. The summed E-state index contributed by atoms with van der Waals surface area (Å²) in [5, 5.41) is 0. The highest BCUT2D eigenvalue weighted by molar-refractivity contribution is 5.58. The fourth-order valence-electron chi connectivity index (χ4n) is 2.94. The van der Waals surface area contributed by atoms with Crippen LogP contribution in [0.25, 0.3) is 0 Å². The lowest BCUT2D eigenvalue weighted by Crippen LogP contribution is -2.27. The molecule has 0 aromatic carbocycles. The van der Waals surface area contributed by atoms with Gasteiger partial charge in [0.25, 0.3) is 0 Å². The molecule has 2 heterocycles. The van der Waals surface area contributed by atoms with Crippen molar-refractivity contribution >= 4 is 11.6 Å². The molecule has 112 valence electrons. The fraction of sp³-hybridized carbons (Fsp3) is 0.733. The Balaban J connectivity index is 2.26. The summed E-state index contributed by atoms with van der Waals surface area (Å²) in [5.74, 6) is 9.12. The van der Waals surface area contributed by atoms with E-state index in [1.165, 1.54) is 25.7 Å². The molecule has 1 aliphatic heterocycles. The van der Waals surface area contributed by atoms with Crippen molar-refractivity contribution < 1.29 is 0 Å². The van der Waals surface area contributed by atoms with Crippen LogP contribution in [-0.4, -0.2) is 23.1 Å². The molecular weight excluding hydrogens is 250 g/mol. The molecule has 1 aliphatic rings. The van der Waals surface area contributed by atoms with Gasteiger partial charge in [-0.25, -0.2) is 15.8 Å². The maximum atomic E-state index is 5.59. The number of anilines is 2. The fourth-order valence-corrected chi connectivity index (χ4v) is 2.94. The third-order valence-electron chi connectivity index (χ3n) is 4.34. The van der Waals surface area contributed by atoms with Gasteiger partial charge in [-0.05, 0) is 32.1 Å². The summed E-state index contributed by atoms with van der Waals surface area (Å²) >= 11 is 0. The first-order valence-corrected chi connectivity index (χ1v) is 7.78. The summed E-state index contributed by atoms with van der Waals surface area (Å²) < 4.78 is 0. The van der Waals surface area contributed by atoms with Gasteiger partial charge >= 0.3 is 0 Å². The molecule has 5 nitrogen and oxygen atoms in total. The van der Waals surface area contributed by atoms with E-state index in [0.29, 0.717) is 0 Å². The molecule has 0 radical (unpaired) electrons. The van der Waals surface area contributed by atoms with Gasteiger partial charge in [-0.1, -0.05) is 20.3 Å². The molecule has 0 aliphatic carbocycles. The topological polar surface area (TPSA) is 67.1 Å². The lowest BCUT2D eigenvalue weighted by molar-refractivity contribution is 0.459. The summed E-state index contributed by atoms with van der Waals surface area (Å²) in [5.41, 5.74) is 3.76. The quantitative estimate of drug-likeness (QED) is 0.654. The van der Waals surface area contributed by atoms with E-state index >= 15 is 0 Å². The molecule has 1 saturated heterocycles. The van der Waals surface area contributed by atoms with Crippen LogP contribution in [0.4, 0.5) is 11.6 Å². The van der Waals surface area contributed by atoms with Crippen molar-refractivity contribution in [2.24, 2.45) is 11.8 Å². The van der Waals surface area contributed by atoms with Crippen molar-refractivity contribution in [3.63, 3.8) is 0 Å². The Bertz CT molecular complexity index is 446. The maximum Gasteiger partial charge on any atom is 0.148 e. The molecule has 1 aromatic heterocycles. The zero-order valence-electron chi connectivity index (χ0n) is 12.9. The number of nitrogens with zero attached hydrogens (tertiary/aromatic N) is 3. The summed E-state index contributed by atoms with van der Waals surface area (Å²) in [6.07, 6.45) is 5.95. The zero-order chi connectivity index (χ0) is 14.5. The number of hydrogen-bond donors (Lipinski definition) is 2. The Morgan fingerprint density at radius 3 is 2.70 bits per heavy atom. The van der Waals surface area contributed by atoms with Gasteiger partial charge in [-0.3, -0.25) is 0 Å². The van der Waals surface area contributed by atoms with Crippen LogP contribution in [0.2, 0.25) is 0 Å². The lowest BCUT2D eigenvalue weighted by atomic mass is 9.98. The highest BCUT2D eigenvalue weighted by Crippen LogP contribution is 2.28. The smallest absolute Gasteiger partial charge is 0.148 e. The predicted molar refractivity (Wildman–Crippen MR) is 83.8 cm³/mol. The van der Waals surface area contributed by atoms with Crippen LogP contribution in [-0.2, 0) is 6.42 Å². The van der Waals surface area contributed by atoms with Crippen LogP contribution in [0.15, 0.2) is 0 Å². The van der Waals surface area contributed by atoms with Crippen molar-refractivity contribution in [3.8, 4) is 0 Å². The Hall–Kier alpha value is -1.36. The number of nitrogen functional groups attached to an aromatic ring is 1. The van der Waals surface area contributed by atoms with Crippen molar-refractivity contribution in [2.45, 2.75) is 52.9 Å². The highest BCUT2D eigenvalue weighted by atomic mass is 15.3. The van der Waals surface area contributed by atoms with Gasteiger partial charge < -0.3 is 10.3 Å². The van der Waals surface area contributed by atoms with E-state index in [1.807, 2.05) is 6.92 Å². The molecule has 5 heteroatoms. The van der Waals surface area contributed by atoms with Crippen molar-refractivity contribution in [1.82, 2.24) is 9.97 Å². The summed E-state index contributed by atoms with van der Waals surface area (Å²) in [6.45, 7) is 8.59. The third kappa shape index (κ3) is 3.20. The second kappa shape index (κ2) is 6.88. The number of hydrazine groups is 1. The molecule has 1 atom stereocenters. The number of nitrogens with one attached hydrogen (secondary N) is 1. The maximum absolute atomic E-state index is 5.59. The molecule has 1 unspecified atom stereocenters. The van der Waals surface area contributed by atoms with E-state index in [4.69, 9.17) is 10.8 Å². The van der Waals surface area contributed by atoms with Crippen molar-refractivity contribution in [2.75, 3.05) is 23.4 Å². The molecule has 1 aromatic rings. The average Bonchev–Trinajstić information content (AvgIpc) is 2.73. The number of nitrogens with two attached hydrogens (primary N) is 1. The Morgan fingerprint density at radius 2 is 2.05 bits per heavy atom. The Morgan fingerprint density at radius 1 is 1.25 bits per heavy atom. The SMILES string of the molecule is CCc1nc(NN)c(C)c(N2CCCC(CC)CC2)n1. The number of aryl methyl sites for hydroxylation is 1. The van der Waals surface area contributed by atoms with Gasteiger partial charge in [-0.2, -0.15) is 0 Å². The number of hydrogen-bond acceptors (Lipinski definition) is 5. The molecule has 20 heavy (non-hydrogen) atoms. The third-order valence-corrected chi connectivity index (χ3v) is 4.34. The van der Waals surface area contributed by atoms with E-state index in [2.05, 4.69) is 29.2 Å². The minimum Gasteiger partial charge on any atom is -0.356 e. The van der Waals surface area contributed by atoms with Crippen LogP contribution in [0, 0.1) is 12.8 Å². The molecule has 0 bridgehead atoms. The van der Waals surface area contributed by atoms with Crippen molar-refractivity contribution in [3.05, 3.63) is 11.4 Å². The molecule has 0 amide bonds. The highest BCUT2D eigenvalue weighted by Gasteiger charge is 2.20. The largest absolute Gasteiger partial charge is 0.356 e. The van der Waals surface area contributed by atoms with Crippen LogP contribution < -0.4 is 16.2 Å². The monoisotopic (exact) mass is 277 g/mol. The minimum absolute atomic E-state index is 0.753. The molecule has 1 fully saturated rings. The van der Waals surface area contributed by atoms with Gasteiger partial charge in [0.05, 0.1) is 0 Å². The molecule has 3 N–H and O–H groups in total. The van der Waals surface area contributed by atoms with E-state index in [1.54, 1.807) is 0 Å². The van der Waals surface area contributed by atoms with Gasteiger partial charge in [0.1, 0.15) is 17.5 Å². The second-order valence-corrected chi connectivity index (χ2v) is 5.63. The van der Waals surface area contributed by atoms with Gasteiger partial charge in [0.2, 0.25) is 0 Å². The van der Waals surface area contributed by atoms with E-state index in [0.717, 1.165) is 48.5 Å². The van der Waals surface area contributed by atoms with E-state index in [-0.39, 0.29) is 0 Å². The average molecular weight is 277 g/mol. The number of rotatable bonds is 4.